The van der Waals surface area contributed by atoms with Crippen molar-refractivity contribution in [1.82, 2.24) is 0 Å². The number of hydrogen-bond acceptors (Lipinski definition) is 4. The average molecular weight is 469 g/mol. The van der Waals surface area contributed by atoms with Crippen LogP contribution < -0.4 is 8.92 Å². The minimum absolute atomic E-state index is 0.164. The molecule has 0 spiro atoms. The van der Waals surface area contributed by atoms with E-state index in [2.05, 4.69) is 20.1 Å². The molecule has 0 atom stereocenters. The number of hydrogen-bond donors (Lipinski definition) is 0. The maximum Gasteiger partial charge on any atom is 0.534 e. The fourth-order valence-electron chi connectivity index (χ4n) is 5.77. The van der Waals surface area contributed by atoms with Crippen molar-refractivity contribution in [3.8, 4) is 11.5 Å². The van der Waals surface area contributed by atoms with E-state index in [-0.39, 0.29) is 16.9 Å². The first-order valence-corrected chi connectivity index (χ1v) is 11.1. The van der Waals surface area contributed by atoms with Crippen molar-refractivity contribution in [3.63, 3.8) is 0 Å². The molecular weight excluding hydrogens is 449 g/mol. The molecule has 4 aliphatic rings. The van der Waals surface area contributed by atoms with Crippen LogP contribution in [-0.4, -0.2) is 21.0 Å². The van der Waals surface area contributed by atoms with Crippen LogP contribution in [0, 0.1) is 17.8 Å². The average Bonchev–Trinajstić information content (AvgIpc) is 2.53. The molecule has 27 heavy (non-hydrogen) atoms. The lowest BCUT2D eigenvalue weighted by Gasteiger charge is -2.57. The fourth-order valence-corrected chi connectivity index (χ4v) is 7.02. The minimum Gasteiger partial charge on any atom is -0.495 e. The molecule has 0 saturated heterocycles. The molecule has 9 heteroatoms. The molecule has 5 rings (SSSR count). The third-order valence-corrected chi connectivity index (χ3v) is 8.13. The SMILES string of the molecule is COc1cc(OS(=O)(=O)C(F)(F)F)cc(C23CC4CC(CC(C4)C2)C3)c1Br. The van der Waals surface area contributed by atoms with Crippen molar-refractivity contribution in [2.24, 2.45) is 17.8 Å². The molecule has 0 aromatic heterocycles. The van der Waals surface area contributed by atoms with Crippen molar-refractivity contribution in [2.75, 3.05) is 7.11 Å². The van der Waals surface area contributed by atoms with Gasteiger partial charge in [-0.2, -0.15) is 21.6 Å². The Balaban J connectivity index is 1.77. The van der Waals surface area contributed by atoms with Crippen LogP contribution in [0.3, 0.4) is 0 Å². The Morgan fingerprint density at radius 1 is 1.07 bits per heavy atom. The molecule has 0 N–H and O–H groups in total. The Labute approximate surface area is 164 Å². The second kappa shape index (κ2) is 6.27. The van der Waals surface area contributed by atoms with E-state index >= 15 is 0 Å². The molecule has 4 fully saturated rings. The van der Waals surface area contributed by atoms with E-state index in [1.54, 1.807) is 0 Å². The molecule has 0 unspecified atom stereocenters. The molecule has 4 aliphatic carbocycles. The lowest BCUT2D eigenvalue weighted by molar-refractivity contribution is -0.0500. The van der Waals surface area contributed by atoms with Crippen LogP contribution in [0.15, 0.2) is 16.6 Å². The molecule has 0 heterocycles. The van der Waals surface area contributed by atoms with Crippen molar-refractivity contribution in [3.05, 3.63) is 22.2 Å². The largest absolute Gasteiger partial charge is 0.534 e. The van der Waals surface area contributed by atoms with Gasteiger partial charge >= 0.3 is 15.6 Å². The number of benzene rings is 1. The smallest absolute Gasteiger partial charge is 0.495 e. The van der Waals surface area contributed by atoms with E-state index in [9.17, 15) is 21.6 Å². The van der Waals surface area contributed by atoms with Gasteiger partial charge in [-0.05, 0) is 89.3 Å². The first-order valence-electron chi connectivity index (χ1n) is 8.92. The summed E-state index contributed by atoms with van der Waals surface area (Å²) in [6.45, 7) is 0. The Morgan fingerprint density at radius 2 is 1.59 bits per heavy atom. The number of methoxy groups -OCH3 is 1. The van der Waals surface area contributed by atoms with E-state index < -0.39 is 15.6 Å². The molecular formula is C18H20BrF3O4S. The monoisotopic (exact) mass is 468 g/mol. The van der Waals surface area contributed by atoms with Crippen LogP contribution in [0.2, 0.25) is 0 Å². The van der Waals surface area contributed by atoms with Crippen molar-refractivity contribution >= 4 is 26.0 Å². The molecule has 0 amide bonds. The summed E-state index contributed by atoms with van der Waals surface area (Å²) in [4.78, 5) is 0. The molecule has 150 valence electrons. The van der Waals surface area contributed by atoms with Gasteiger partial charge in [0.15, 0.2) is 0 Å². The molecule has 4 nitrogen and oxygen atoms in total. The Morgan fingerprint density at radius 3 is 2.04 bits per heavy atom. The number of rotatable bonds is 4. The summed E-state index contributed by atoms with van der Waals surface area (Å²) in [5.74, 6) is 1.78. The summed E-state index contributed by atoms with van der Waals surface area (Å²) < 4.78 is 71.5. The highest BCUT2D eigenvalue weighted by atomic mass is 79.9. The van der Waals surface area contributed by atoms with Gasteiger partial charge in [0, 0.05) is 6.07 Å². The highest BCUT2D eigenvalue weighted by Crippen LogP contribution is 2.62. The van der Waals surface area contributed by atoms with Gasteiger partial charge in [-0.15, -0.1) is 0 Å². The van der Waals surface area contributed by atoms with Gasteiger partial charge < -0.3 is 8.92 Å². The van der Waals surface area contributed by atoms with Crippen LogP contribution in [0.25, 0.3) is 0 Å². The van der Waals surface area contributed by atoms with Gasteiger partial charge in [0.25, 0.3) is 0 Å². The van der Waals surface area contributed by atoms with Gasteiger partial charge in [-0.25, -0.2) is 0 Å². The molecule has 4 saturated carbocycles. The van der Waals surface area contributed by atoms with E-state index in [0.717, 1.165) is 24.8 Å². The number of ether oxygens (including phenoxy) is 1. The highest BCUT2D eigenvalue weighted by Gasteiger charge is 2.53. The number of alkyl halides is 3. The van der Waals surface area contributed by atoms with Crippen molar-refractivity contribution in [2.45, 2.75) is 49.4 Å². The summed E-state index contributed by atoms with van der Waals surface area (Å²) in [6, 6.07) is 2.63. The Kier molecular flexibility index (Phi) is 4.50. The molecule has 0 radical (unpaired) electrons. The van der Waals surface area contributed by atoms with Crippen molar-refractivity contribution in [1.29, 1.82) is 0 Å². The topological polar surface area (TPSA) is 52.6 Å². The minimum atomic E-state index is -5.73. The van der Waals surface area contributed by atoms with E-state index in [1.165, 1.54) is 38.5 Å². The highest BCUT2D eigenvalue weighted by molar-refractivity contribution is 9.10. The quantitative estimate of drug-likeness (QED) is 0.452. The van der Waals surface area contributed by atoms with Crippen molar-refractivity contribution < 1.29 is 30.5 Å². The third kappa shape index (κ3) is 3.24. The second-order valence-corrected chi connectivity index (χ2v) is 10.5. The summed E-state index contributed by atoms with van der Waals surface area (Å²) in [7, 11) is -4.34. The Hall–Kier alpha value is -0.960. The van der Waals surface area contributed by atoms with Crippen LogP contribution in [0.4, 0.5) is 13.2 Å². The lowest BCUT2D eigenvalue weighted by atomic mass is 9.48. The van der Waals surface area contributed by atoms with Gasteiger partial charge in [-0.1, -0.05) is 0 Å². The van der Waals surface area contributed by atoms with Crippen LogP contribution >= 0.6 is 15.9 Å². The maximum atomic E-state index is 12.7. The predicted molar refractivity (Wildman–Crippen MR) is 96.1 cm³/mol. The maximum absolute atomic E-state index is 12.7. The summed E-state index contributed by atoms with van der Waals surface area (Å²) >= 11 is 3.53. The van der Waals surface area contributed by atoms with Crippen LogP contribution in [0.1, 0.15) is 44.1 Å². The number of halogens is 4. The van der Waals surface area contributed by atoms with Gasteiger partial charge in [0.05, 0.1) is 11.6 Å². The van der Waals surface area contributed by atoms with E-state index in [4.69, 9.17) is 4.74 Å². The van der Waals surface area contributed by atoms with E-state index in [0.29, 0.717) is 22.2 Å². The van der Waals surface area contributed by atoms with Gasteiger partial charge in [0.2, 0.25) is 0 Å². The third-order valence-electron chi connectivity index (χ3n) is 6.33. The zero-order valence-corrected chi connectivity index (χ0v) is 17.1. The first kappa shape index (κ1) is 19.4. The van der Waals surface area contributed by atoms with Crippen LogP contribution in [0.5, 0.6) is 11.5 Å². The summed E-state index contributed by atoms with van der Waals surface area (Å²) in [5.41, 5.74) is -4.84. The van der Waals surface area contributed by atoms with Crippen LogP contribution in [-0.2, 0) is 15.5 Å². The fraction of sp³-hybridized carbons (Fsp3) is 0.667. The lowest BCUT2D eigenvalue weighted by Crippen LogP contribution is -2.48. The molecule has 4 bridgehead atoms. The molecule has 1 aromatic carbocycles. The van der Waals surface area contributed by atoms with Gasteiger partial charge in [-0.3, -0.25) is 0 Å². The normalized spacial score (nSPS) is 32.6. The summed E-state index contributed by atoms with van der Waals surface area (Å²) in [6.07, 6.45) is 6.55. The Bertz CT molecular complexity index is 831. The molecule has 1 aromatic rings. The first-order chi connectivity index (χ1) is 12.5. The zero-order valence-electron chi connectivity index (χ0n) is 14.7. The second-order valence-electron chi connectivity index (χ2n) is 8.17. The van der Waals surface area contributed by atoms with Gasteiger partial charge in [0.1, 0.15) is 11.5 Å². The molecule has 0 aliphatic heterocycles. The standard InChI is InChI=1S/C18H20BrF3O4S/c1-25-15-6-13(26-27(23,24)18(20,21)22)5-14(16(15)19)17-7-10-2-11(8-17)4-12(3-10)9-17/h5-6,10-12H,2-4,7-9H2,1H3. The summed E-state index contributed by atoms with van der Waals surface area (Å²) in [5, 5.41) is 0. The van der Waals surface area contributed by atoms with E-state index in [1.807, 2.05) is 0 Å². The zero-order chi connectivity index (χ0) is 19.6. The predicted octanol–water partition coefficient (Wildman–Crippen LogP) is 5.15.